The van der Waals surface area contributed by atoms with Gasteiger partial charge in [-0.2, -0.15) is 5.10 Å². The van der Waals surface area contributed by atoms with Crippen molar-refractivity contribution in [1.29, 1.82) is 0 Å². The Balaban J connectivity index is 2.59. The summed E-state index contributed by atoms with van der Waals surface area (Å²) in [7, 11) is 0. The molecule has 0 fully saturated rings. The molecule has 1 aromatic heterocycles. The van der Waals surface area contributed by atoms with E-state index in [0.717, 1.165) is 5.69 Å². The van der Waals surface area contributed by atoms with Crippen molar-refractivity contribution in [2.45, 2.75) is 52.6 Å². The Kier molecular flexibility index (Phi) is 4.70. The van der Waals surface area contributed by atoms with Gasteiger partial charge in [0.25, 0.3) is 11.6 Å². The molecule has 0 saturated heterocycles. The van der Waals surface area contributed by atoms with Gasteiger partial charge in [-0.15, -0.1) is 0 Å². The summed E-state index contributed by atoms with van der Waals surface area (Å²) < 4.78 is 1.79. The monoisotopic (exact) mass is 344 g/mol. The second-order valence-electron chi connectivity index (χ2n) is 8.03. The van der Waals surface area contributed by atoms with E-state index < -0.39 is 10.5 Å². The number of hydrogen-bond acceptors (Lipinski definition) is 4. The van der Waals surface area contributed by atoms with Crippen molar-refractivity contribution >= 4 is 11.6 Å². The maximum Gasteiger partial charge on any atom is 0.270 e. The summed E-state index contributed by atoms with van der Waals surface area (Å²) in [5.41, 5.74) is 0.701. The van der Waals surface area contributed by atoms with Crippen molar-refractivity contribution in [3.05, 3.63) is 46.1 Å². The summed E-state index contributed by atoms with van der Waals surface area (Å²) in [6.45, 7) is 11.6. The quantitative estimate of drug-likeness (QED) is 0.678. The van der Waals surface area contributed by atoms with Gasteiger partial charge in [-0.3, -0.25) is 19.6 Å². The molecular weight excluding hydrogens is 320 g/mol. The third-order valence-corrected chi connectivity index (χ3v) is 3.45. The van der Waals surface area contributed by atoms with E-state index in [2.05, 4.69) is 10.4 Å². The highest BCUT2D eigenvalue weighted by molar-refractivity contribution is 5.96. The normalized spacial score (nSPS) is 12.1. The zero-order valence-corrected chi connectivity index (χ0v) is 15.5. The first kappa shape index (κ1) is 18.6. The van der Waals surface area contributed by atoms with Crippen molar-refractivity contribution in [2.75, 3.05) is 0 Å². The lowest BCUT2D eigenvalue weighted by molar-refractivity contribution is -0.384. The maximum atomic E-state index is 12.5. The first-order chi connectivity index (χ1) is 11.4. The Morgan fingerprint density at radius 2 is 1.80 bits per heavy atom. The van der Waals surface area contributed by atoms with Crippen molar-refractivity contribution in [1.82, 2.24) is 15.1 Å². The van der Waals surface area contributed by atoms with Gasteiger partial charge in [-0.25, -0.2) is 0 Å². The molecule has 1 N–H and O–H groups in total. The summed E-state index contributed by atoms with van der Waals surface area (Å²) in [4.78, 5) is 23.3. The molecule has 0 atom stereocenters. The van der Waals surface area contributed by atoms with Crippen molar-refractivity contribution in [3.8, 4) is 11.3 Å². The number of rotatable bonds is 3. The largest absolute Gasteiger partial charge is 0.347 e. The molecule has 2 aromatic rings. The average Bonchev–Trinajstić information content (AvgIpc) is 2.94. The Hall–Kier alpha value is -2.70. The lowest BCUT2D eigenvalue weighted by Crippen LogP contribution is -2.40. The number of benzene rings is 1. The summed E-state index contributed by atoms with van der Waals surface area (Å²) in [6, 6.07) is 6.21. The number of nitrogens with one attached hydrogen (secondary N) is 1. The molecular formula is C18H24N4O3. The Bertz CT molecular complexity index is 810. The maximum absolute atomic E-state index is 12.5. The van der Waals surface area contributed by atoms with Crippen LogP contribution in [0.15, 0.2) is 30.5 Å². The summed E-state index contributed by atoms with van der Waals surface area (Å²) in [6.07, 6.45) is 1.65. The van der Waals surface area contributed by atoms with Crippen LogP contribution in [0.25, 0.3) is 11.3 Å². The van der Waals surface area contributed by atoms with Gasteiger partial charge in [0.2, 0.25) is 0 Å². The lowest BCUT2D eigenvalue weighted by Gasteiger charge is -2.23. The number of carbonyl (C=O) groups excluding carboxylic acids is 1. The highest BCUT2D eigenvalue weighted by Gasteiger charge is 2.23. The molecule has 0 bridgehead atoms. The van der Waals surface area contributed by atoms with E-state index in [4.69, 9.17) is 0 Å². The first-order valence-corrected chi connectivity index (χ1v) is 8.05. The fourth-order valence-corrected chi connectivity index (χ4v) is 2.46. The smallest absolute Gasteiger partial charge is 0.270 e. The first-order valence-electron chi connectivity index (χ1n) is 8.05. The summed E-state index contributed by atoms with van der Waals surface area (Å²) >= 11 is 0. The minimum absolute atomic E-state index is 0.127. The summed E-state index contributed by atoms with van der Waals surface area (Å²) in [5, 5.41) is 18.5. The second kappa shape index (κ2) is 6.31. The predicted molar refractivity (Wildman–Crippen MR) is 96.5 cm³/mol. The van der Waals surface area contributed by atoms with Crippen molar-refractivity contribution < 1.29 is 9.72 Å². The molecule has 25 heavy (non-hydrogen) atoms. The molecule has 0 saturated carbocycles. The molecule has 2 rings (SSSR count). The highest BCUT2D eigenvalue weighted by Crippen LogP contribution is 2.29. The number of non-ortho nitro benzene ring substituents is 1. The van der Waals surface area contributed by atoms with Gasteiger partial charge in [-0.1, -0.05) is 0 Å². The van der Waals surface area contributed by atoms with Gasteiger partial charge in [-0.05, 0) is 53.7 Å². The number of amides is 1. The van der Waals surface area contributed by atoms with Gasteiger partial charge < -0.3 is 5.32 Å². The fourth-order valence-electron chi connectivity index (χ4n) is 2.46. The number of carbonyl (C=O) groups is 1. The van der Waals surface area contributed by atoms with Gasteiger partial charge in [0.15, 0.2) is 0 Å². The van der Waals surface area contributed by atoms with E-state index in [0.29, 0.717) is 5.56 Å². The molecule has 0 aliphatic heterocycles. The van der Waals surface area contributed by atoms with Crippen LogP contribution in [0.4, 0.5) is 5.69 Å². The minimum Gasteiger partial charge on any atom is -0.347 e. The van der Waals surface area contributed by atoms with Crippen LogP contribution in [0.1, 0.15) is 51.9 Å². The number of aromatic nitrogens is 2. The van der Waals surface area contributed by atoms with Gasteiger partial charge in [0.05, 0.1) is 16.2 Å². The van der Waals surface area contributed by atoms with E-state index in [1.807, 2.05) is 41.5 Å². The number of nitrogens with zero attached hydrogens (tertiary/aromatic N) is 3. The molecule has 134 valence electrons. The predicted octanol–water partition coefficient (Wildman–Crippen LogP) is 3.74. The molecule has 0 unspecified atom stereocenters. The number of nitro groups is 1. The molecule has 0 aliphatic rings. The van der Waals surface area contributed by atoms with E-state index >= 15 is 0 Å². The van der Waals surface area contributed by atoms with Crippen LogP contribution in [0, 0.1) is 10.1 Å². The van der Waals surface area contributed by atoms with E-state index in [1.165, 1.54) is 12.1 Å². The van der Waals surface area contributed by atoms with E-state index in [-0.39, 0.29) is 22.7 Å². The average molecular weight is 344 g/mol. The third-order valence-electron chi connectivity index (χ3n) is 3.45. The topological polar surface area (TPSA) is 90.1 Å². The fraction of sp³-hybridized carbons (Fsp3) is 0.444. The van der Waals surface area contributed by atoms with Crippen molar-refractivity contribution in [3.63, 3.8) is 0 Å². The SMILES string of the molecule is CC(C)(C)NC(=O)c1cc(-c2ccnn2C(C)(C)C)cc([N+](=O)[O-])c1. The number of hydrogen-bond donors (Lipinski definition) is 1. The van der Waals surface area contributed by atoms with Gasteiger partial charge >= 0.3 is 0 Å². The van der Waals surface area contributed by atoms with Crippen LogP contribution in [0.5, 0.6) is 0 Å². The molecule has 0 aliphatic carbocycles. The van der Waals surface area contributed by atoms with E-state index in [9.17, 15) is 14.9 Å². The van der Waals surface area contributed by atoms with Crippen LogP contribution < -0.4 is 5.32 Å². The molecule has 0 radical (unpaired) electrons. The number of nitro benzene ring substituents is 1. The minimum atomic E-state index is -0.491. The van der Waals surface area contributed by atoms with Crippen LogP contribution in [-0.2, 0) is 5.54 Å². The van der Waals surface area contributed by atoms with E-state index in [1.54, 1.807) is 23.0 Å². The van der Waals surface area contributed by atoms with Crippen LogP contribution in [0.3, 0.4) is 0 Å². The Morgan fingerprint density at radius 3 is 2.32 bits per heavy atom. The third kappa shape index (κ3) is 4.43. The lowest BCUT2D eigenvalue weighted by atomic mass is 10.0. The van der Waals surface area contributed by atoms with Crippen LogP contribution in [0.2, 0.25) is 0 Å². The van der Waals surface area contributed by atoms with Gasteiger partial charge in [0, 0.05) is 35.0 Å². The molecule has 7 nitrogen and oxygen atoms in total. The molecule has 1 amide bonds. The second-order valence-corrected chi connectivity index (χ2v) is 8.03. The zero-order valence-electron chi connectivity index (χ0n) is 15.5. The standard InChI is InChI=1S/C18H24N4O3/c1-17(2,3)20-16(23)13-9-12(10-14(11-13)22(24)25)15-7-8-19-21(15)18(4,5)6/h7-11H,1-6H3,(H,20,23). The Morgan fingerprint density at radius 1 is 1.16 bits per heavy atom. The highest BCUT2D eigenvalue weighted by atomic mass is 16.6. The van der Waals surface area contributed by atoms with Crippen LogP contribution >= 0.6 is 0 Å². The summed E-state index contributed by atoms with van der Waals surface area (Å²) in [5.74, 6) is -0.348. The Labute approximate surface area is 147 Å². The molecule has 7 heteroatoms. The van der Waals surface area contributed by atoms with Crippen molar-refractivity contribution in [2.24, 2.45) is 0 Å². The van der Waals surface area contributed by atoms with Gasteiger partial charge in [0.1, 0.15) is 0 Å². The van der Waals surface area contributed by atoms with Crippen LogP contribution in [-0.4, -0.2) is 26.1 Å². The zero-order chi connectivity index (χ0) is 19.0. The molecule has 1 heterocycles. The molecule has 0 spiro atoms. The molecule has 1 aromatic carbocycles.